The number of allylic oxidation sites excluding steroid dienone is 1. The molecule has 2 aliphatic carbocycles. The van der Waals surface area contributed by atoms with Crippen molar-refractivity contribution in [3.63, 3.8) is 0 Å². The van der Waals surface area contributed by atoms with Crippen molar-refractivity contribution in [2.75, 3.05) is 13.7 Å². The van der Waals surface area contributed by atoms with E-state index in [1.165, 1.54) is 11.1 Å². The van der Waals surface area contributed by atoms with Gasteiger partial charge in [-0.1, -0.05) is 26.0 Å². The smallest absolute Gasteiger partial charge is 0.408 e. The van der Waals surface area contributed by atoms with Crippen LogP contribution in [0.3, 0.4) is 0 Å². The summed E-state index contributed by atoms with van der Waals surface area (Å²) in [6.45, 7) is 10.7. The number of aromatic nitrogens is 2. The number of alkyl carbamates (subject to hydrolysis) is 1. The van der Waals surface area contributed by atoms with Gasteiger partial charge in [0.25, 0.3) is 5.91 Å². The van der Waals surface area contributed by atoms with Crippen LogP contribution < -0.4 is 24.8 Å². The Labute approximate surface area is 316 Å². The van der Waals surface area contributed by atoms with E-state index in [1.54, 1.807) is 53.0 Å². The highest BCUT2D eigenvalue weighted by Gasteiger charge is 2.63. The SMILES string of the molecule is COc1ccc2c(O[C@@H]3C[C@H]4C(=O)N[C@]5(C(=O)NS(=O)(=O)C6(C)CC6)CC5/C=C\CC[C@@H](C)C[C@@H](C)[C@H](NC(=O)OC(C)(C)C)C(=O)N4C3)cnnc2c1. The van der Waals surface area contributed by atoms with E-state index in [-0.39, 0.29) is 31.2 Å². The Morgan fingerprint density at radius 2 is 1.85 bits per heavy atom. The number of hydrogen-bond donors (Lipinski definition) is 3. The maximum Gasteiger partial charge on any atom is 0.408 e. The zero-order valence-electron chi connectivity index (χ0n) is 32.0. The van der Waals surface area contributed by atoms with Gasteiger partial charge in [-0.05, 0) is 90.2 Å². The Kier molecular flexibility index (Phi) is 10.6. The van der Waals surface area contributed by atoms with Crippen LogP contribution in [0, 0.1) is 17.8 Å². The van der Waals surface area contributed by atoms with Crippen molar-refractivity contribution < 1.29 is 41.8 Å². The zero-order chi connectivity index (χ0) is 39.2. The number of rotatable bonds is 7. The molecule has 16 heteroatoms. The van der Waals surface area contributed by atoms with Crippen molar-refractivity contribution in [1.29, 1.82) is 0 Å². The molecule has 1 aromatic carbocycles. The lowest BCUT2D eigenvalue weighted by atomic mass is 9.88. The summed E-state index contributed by atoms with van der Waals surface area (Å²) < 4.78 is 44.9. The van der Waals surface area contributed by atoms with E-state index in [9.17, 15) is 27.6 Å². The van der Waals surface area contributed by atoms with Crippen molar-refractivity contribution in [2.45, 2.75) is 121 Å². The van der Waals surface area contributed by atoms with E-state index < -0.39 is 73.8 Å². The van der Waals surface area contributed by atoms with Gasteiger partial charge in [-0.15, -0.1) is 0 Å². The number of methoxy groups -OCH3 is 1. The highest BCUT2D eigenvalue weighted by Crippen LogP contribution is 2.47. The third kappa shape index (κ3) is 8.27. The number of carbonyl (C=O) groups is 4. The maximum absolute atomic E-state index is 14.7. The molecule has 54 heavy (non-hydrogen) atoms. The van der Waals surface area contributed by atoms with E-state index >= 15 is 0 Å². The van der Waals surface area contributed by atoms with E-state index in [2.05, 4.69) is 32.5 Å². The second kappa shape index (κ2) is 14.6. The lowest BCUT2D eigenvalue weighted by Gasteiger charge is -2.33. The minimum absolute atomic E-state index is 0.0269. The van der Waals surface area contributed by atoms with Crippen molar-refractivity contribution in [2.24, 2.45) is 17.8 Å². The van der Waals surface area contributed by atoms with E-state index in [1.807, 2.05) is 19.1 Å². The maximum atomic E-state index is 14.7. The first-order chi connectivity index (χ1) is 25.3. The molecule has 2 saturated carbocycles. The number of amides is 4. The van der Waals surface area contributed by atoms with Gasteiger partial charge in [0.2, 0.25) is 21.8 Å². The third-order valence-corrected chi connectivity index (χ3v) is 13.2. The quantitative estimate of drug-likeness (QED) is 0.347. The van der Waals surface area contributed by atoms with Crippen molar-refractivity contribution in [1.82, 2.24) is 30.5 Å². The number of fused-ring (bicyclic) bond motifs is 3. The molecule has 3 heterocycles. The molecule has 4 aliphatic rings. The summed E-state index contributed by atoms with van der Waals surface area (Å²) in [7, 11) is -2.45. The number of hydrogen-bond acceptors (Lipinski definition) is 11. The Hall–Kier alpha value is -4.47. The van der Waals surface area contributed by atoms with Crippen molar-refractivity contribution >= 4 is 44.7 Å². The van der Waals surface area contributed by atoms with Gasteiger partial charge in [0.15, 0.2) is 0 Å². The van der Waals surface area contributed by atoms with Crippen LogP contribution in [0.2, 0.25) is 0 Å². The third-order valence-electron chi connectivity index (χ3n) is 11.0. The molecule has 0 bridgehead atoms. The van der Waals surface area contributed by atoms with Crippen LogP contribution >= 0.6 is 0 Å². The van der Waals surface area contributed by atoms with Gasteiger partial charge in [0.05, 0.1) is 24.6 Å². The van der Waals surface area contributed by atoms with E-state index in [0.717, 1.165) is 6.42 Å². The molecule has 0 radical (unpaired) electrons. The van der Waals surface area contributed by atoms with Crippen LogP contribution in [0.5, 0.6) is 11.5 Å². The van der Waals surface area contributed by atoms with Gasteiger partial charge in [0, 0.05) is 23.8 Å². The molecule has 2 aliphatic heterocycles. The topological polar surface area (TPSA) is 195 Å². The molecule has 1 aromatic heterocycles. The largest absolute Gasteiger partial charge is 0.497 e. The molecule has 1 saturated heterocycles. The van der Waals surface area contributed by atoms with Gasteiger partial charge in [-0.3, -0.25) is 19.1 Å². The molecule has 6 rings (SSSR count). The highest BCUT2D eigenvalue weighted by atomic mass is 32.2. The van der Waals surface area contributed by atoms with Crippen LogP contribution in [0.1, 0.15) is 86.5 Å². The highest BCUT2D eigenvalue weighted by molar-refractivity contribution is 7.91. The normalized spacial score (nSPS) is 30.4. The number of nitrogens with one attached hydrogen (secondary N) is 3. The van der Waals surface area contributed by atoms with Gasteiger partial charge in [-0.2, -0.15) is 10.2 Å². The van der Waals surface area contributed by atoms with E-state index in [4.69, 9.17) is 14.2 Å². The molecule has 1 unspecified atom stereocenters. The average molecular weight is 769 g/mol. The summed E-state index contributed by atoms with van der Waals surface area (Å²) in [5, 5.41) is 14.6. The fourth-order valence-electron chi connectivity index (χ4n) is 7.45. The summed E-state index contributed by atoms with van der Waals surface area (Å²) in [6.07, 6.45) is 6.95. The molecule has 3 fully saturated rings. The first kappa shape index (κ1) is 39.2. The van der Waals surface area contributed by atoms with Crippen LogP contribution in [0.25, 0.3) is 10.9 Å². The Morgan fingerprint density at radius 3 is 2.54 bits per heavy atom. The van der Waals surface area contributed by atoms with E-state index in [0.29, 0.717) is 48.1 Å². The predicted molar refractivity (Wildman–Crippen MR) is 199 cm³/mol. The van der Waals surface area contributed by atoms with Crippen LogP contribution in [-0.4, -0.2) is 95.1 Å². The summed E-state index contributed by atoms with van der Waals surface area (Å²) in [5.41, 5.74) is -1.83. The second-order valence-electron chi connectivity index (χ2n) is 16.7. The Balaban J connectivity index is 1.35. The van der Waals surface area contributed by atoms with Crippen molar-refractivity contribution in [3.05, 3.63) is 36.5 Å². The Bertz CT molecular complexity index is 1940. The van der Waals surface area contributed by atoms with Gasteiger partial charge in [0.1, 0.15) is 46.3 Å². The lowest BCUT2D eigenvalue weighted by molar-refractivity contribution is -0.142. The molecule has 2 aromatic rings. The second-order valence-corrected chi connectivity index (χ2v) is 18.9. The van der Waals surface area contributed by atoms with Crippen molar-refractivity contribution in [3.8, 4) is 11.5 Å². The molecule has 7 atom stereocenters. The number of benzene rings is 1. The number of nitrogens with zero attached hydrogens (tertiary/aromatic N) is 3. The van der Waals surface area contributed by atoms with Crippen LogP contribution in [-0.2, 0) is 29.1 Å². The summed E-state index contributed by atoms with van der Waals surface area (Å²) >= 11 is 0. The molecule has 15 nitrogen and oxygen atoms in total. The average Bonchev–Trinajstić information content (AvgIpc) is 3.97. The minimum atomic E-state index is -4.00. The van der Waals surface area contributed by atoms with Gasteiger partial charge in [-0.25, -0.2) is 13.2 Å². The molecule has 3 N–H and O–H groups in total. The molecular formula is C38H52N6O9S. The number of ether oxygens (including phenoxy) is 3. The van der Waals surface area contributed by atoms with Crippen LogP contribution in [0.15, 0.2) is 36.5 Å². The predicted octanol–water partition coefficient (Wildman–Crippen LogP) is 3.77. The van der Waals surface area contributed by atoms with Gasteiger partial charge >= 0.3 is 6.09 Å². The molecule has 294 valence electrons. The summed E-state index contributed by atoms with van der Waals surface area (Å²) in [4.78, 5) is 57.6. The molecule has 4 amide bonds. The number of sulfonamides is 1. The number of carbonyl (C=O) groups excluding carboxylic acids is 4. The first-order valence-electron chi connectivity index (χ1n) is 18.7. The monoisotopic (exact) mass is 768 g/mol. The zero-order valence-corrected chi connectivity index (χ0v) is 32.8. The van der Waals surface area contributed by atoms with Crippen LogP contribution in [0.4, 0.5) is 4.79 Å². The fraction of sp³-hybridized carbons (Fsp3) is 0.632. The standard InChI is InChI=1S/C38H52N6O9S/c1-22-10-8-9-11-24-19-38(24,34(47)43-54(49,50)37(6)14-15-37)41-32(45)29-18-26(52-30-20-39-42-28-17-25(51-7)12-13-27(28)30)21-44(29)33(46)31(23(2)16-22)40-35(48)53-36(3,4)5/h9,11-13,17,20,22-24,26,29,31H,8,10,14-16,18-19,21H2,1-7H3,(H,40,48)(H,41,45)(H,43,47)/b11-9-/t22-,23-,24?,26-,29+,31+,38-/m1/s1. The fourth-order valence-corrected chi connectivity index (χ4v) is 8.76. The first-order valence-corrected chi connectivity index (χ1v) is 20.1. The lowest BCUT2D eigenvalue weighted by Crippen LogP contribution is -2.59. The molecule has 0 spiro atoms. The summed E-state index contributed by atoms with van der Waals surface area (Å²) in [6, 6.07) is 3.08. The minimum Gasteiger partial charge on any atom is -0.497 e. The molecular weight excluding hydrogens is 717 g/mol. The van der Waals surface area contributed by atoms with Gasteiger partial charge < -0.3 is 29.7 Å². The Morgan fingerprint density at radius 1 is 1.11 bits per heavy atom. The summed E-state index contributed by atoms with van der Waals surface area (Å²) in [5.74, 6) is -1.62.